The Kier molecular flexibility index (Phi) is 6.63. The quantitative estimate of drug-likeness (QED) is 0.841. The smallest absolute Gasteiger partial charge is 0.317 e. The van der Waals surface area contributed by atoms with E-state index in [9.17, 15) is 9.90 Å². The Morgan fingerprint density at radius 3 is 2.46 bits per heavy atom. The van der Waals surface area contributed by atoms with Crippen LogP contribution in [0.3, 0.4) is 0 Å². The van der Waals surface area contributed by atoms with E-state index in [4.69, 9.17) is 0 Å². The fraction of sp³-hybridized carbons (Fsp3) is 0.632. The van der Waals surface area contributed by atoms with Crippen LogP contribution in [0.1, 0.15) is 39.2 Å². The first-order chi connectivity index (χ1) is 11.4. The lowest BCUT2D eigenvalue weighted by Gasteiger charge is -2.34. The largest absolute Gasteiger partial charge is 0.389 e. The number of piperidine rings is 1. The second-order valence-electron chi connectivity index (χ2n) is 7.31. The van der Waals surface area contributed by atoms with E-state index in [1.807, 2.05) is 13.0 Å². The summed E-state index contributed by atoms with van der Waals surface area (Å²) in [5, 5.41) is 13.0. The molecule has 24 heavy (non-hydrogen) atoms. The number of hydrogen-bond donors (Lipinski definition) is 2. The number of benzene rings is 1. The molecule has 5 heteroatoms. The fourth-order valence-electron chi connectivity index (χ4n) is 3.14. The van der Waals surface area contributed by atoms with Crippen LogP contribution in [0.2, 0.25) is 0 Å². The second kappa shape index (κ2) is 8.49. The number of hydrogen-bond acceptors (Lipinski definition) is 3. The molecule has 5 nitrogen and oxygen atoms in total. The summed E-state index contributed by atoms with van der Waals surface area (Å²) in [7, 11) is 0. The molecule has 0 aliphatic carbocycles. The molecular formula is C19H31N3O2. The van der Waals surface area contributed by atoms with Crippen molar-refractivity contribution in [2.45, 2.75) is 51.8 Å². The van der Waals surface area contributed by atoms with Gasteiger partial charge in [0.2, 0.25) is 0 Å². The van der Waals surface area contributed by atoms with Crippen LogP contribution in [0.5, 0.6) is 0 Å². The maximum Gasteiger partial charge on any atom is 0.317 e. The number of nitrogens with zero attached hydrogens (tertiary/aromatic N) is 2. The van der Waals surface area contributed by atoms with Gasteiger partial charge in [-0.05, 0) is 39.2 Å². The highest BCUT2D eigenvalue weighted by atomic mass is 16.3. The average molecular weight is 333 g/mol. The number of carbonyl (C=O) groups excluding carboxylic acids is 1. The zero-order chi connectivity index (χ0) is 17.6. The van der Waals surface area contributed by atoms with E-state index in [0.717, 1.165) is 32.5 Å². The Bertz CT molecular complexity index is 505. The third-order valence-corrected chi connectivity index (χ3v) is 4.41. The van der Waals surface area contributed by atoms with Gasteiger partial charge in [0.1, 0.15) is 0 Å². The van der Waals surface area contributed by atoms with Gasteiger partial charge in [-0.2, -0.15) is 0 Å². The third-order valence-electron chi connectivity index (χ3n) is 4.41. The molecule has 1 saturated heterocycles. The predicted octanol–water partition coefficient (Wildman–Crippen LogP) is 2.45. The fourth-order valence-corrected chi connectivity index (χ4v) is 3.14. The Morgan fingerprint density at radius 2 is 1.92 bits per heavy atom. The van der Waals surface area contributed by atoms with E-state index in [-0.39, 0.29) is 12.1 Å². The minimum Gasteiger partial charge on any atom is -0.389 e. The van der Waals surface area contributed by atoms with E-state index >= 15 is 0 Å². The van der Waals surface area contributed by atoms with Gasteiger partial charge in [-0.15, -0.1) is 0 Å². The highest BCUT2D eigenvalue weighted by molar-refractivity contribution is 5.74. The Morgan fingerprint density at radius 1 is 1.29 bits per heavy atom. The lowest BCUT2D eigenvalue weighted by molar-refractivity contribution is 0.0470. The topological polar surface area (TPSA) is 55.8 Å². The summed E-state index contributed by atoms with van der Waals surface area (Å²) in [5.41, 5.74) is 0.467. The van der Waals surface area contributed by atoms with Gasteiger partial charge in [-0.25, -0.2) is 4.79 Å². The van der Waals surface area contributed by atoms with Crippen molar-refractivity contribution in [2.24, 2.45) is 0 Å². The molecule has 1 aliphatic rings. The van der Waals surface area contributed by atoms with E-state index in [1.165, 1.54) is 5.56 Å². The zero-order valence-electron chi connectivity index (χ0n) is 15.2. The highest BCUT2D eigenvalue weighted by Crippen LogP contribution is 2.14. The number of rotatable bonds is 6. The lowest BCUT2D eigenvalue weighted by Crippen LogP contribution is -2.51. The first-order valence-corrected chi connectivity index (χ1v) is 8.91. The van der Waals surface area contributed by atoms with Crippen LogP contribution < -0.4 is 5.32 Å². The van der Waals surface area contributed by atoms with Crippen molar-refractivity contribution in [1.82, 2.24) is 15.1 Å². The first kappa shape index (κ1) is 18.7. The van der Waals surface area contributed by atoms with E-state index in [1.54, 1.807) is 18.7 Å². The number of amides is 2. The summed E-state index contributed by atoms with van der Waals surface area (Å²) in [4.78, 5) is 16.5. The molecule has 0 aromatic heterocycles. The number of likely N-dealkylation sites (tertiary alicyclic amines) is 1. The lowest BCUT2D eigenvalue weighted by atomic mass is 10.0. The van der Waals surface area contributed by atoms with Crippen LogP contribution in [0, 0.1) is 0 Å². The summed E-state index contributed by atoms with van der Waals surface area (Å²) >= 11 is 0. The maximum atomic E-state index is 12.4. The summed E-state index contributed by atoms with van der Waals surface area (Å²) in [6.45, 7) is 9.31. The third kappa shape index (κ3) is 6.13. The van der Waals surface area contributed by atoms with Gasteiger partial charge in [0.15, 0.2) is 0 Å². The molecule has 0 bridgehead atoms. The van der Waals surface area contributed by atoms with Crippen molar-refractivity contribution in [3.8, 4) is 0 Å². The predicted molar refractivity (Wildman–Crippen MR) is 96.8 cm³/mol. The minimum atomic E-state index is -0.869. The van der Waals surface area contributed by atoms with Crippen molar-refractivity contribution < 1.29 is 9.90 Å². The Hall–Kier alpha value is -1.59. The Labute approximate surface area is 145 Å². The summed E-state index contributed by atoms with van der Waals surface area (Å²) < 4.78 is 0. The van der Waals surface area contributed by atoms with Crippen LogP contribution in [-0.2, 0) is 6.54 Å². The van der Waals surface area contributed by atoms with Crippen LogP contribution in [0.4, 0.5) is 4.79 Å². The molecule has 2 rings (SSSR count). The van der Waals surface area contributed by atoms with Crippen LogP contribution >= 0.6 is 0 Å². The molecule has 1 fully saturated rings. The molecule has 1 aromatic carbocycles. The molecule has 0 atom stereocenters. The van der Waals surface area contributed by atoms with Gasteiger partial charge in [-0.1, -0.05) is 30.3 Å². The average Bonchev–Trinajstić information content (AvgIpc) is 2.54. The van der Waals surface area contributed by atoms with Gasteiger partial charge in [0, 0.05) is 32.2 Å². The molecule has 0 saturated carbocycles. The number of carbonyl (C=O) groups is 1. The van der Waals surface area contributed by atoms with Crippen LogP contribution in [0.25, 0.3) is 0 Å². The first-order valence-electron chi connectivity index (χ1n) is 8.91. The monoisotopic (exact) mass is 333 g/mol. The van der Waals surface area contributed by atoms with E-state index in [0.29, 0.717) is 13.1 Å². The normalized spacial score (nSPS) is 16.8. The van der Waals surface area contributed by atoms with Crippen molar-refractivity contribution in [1.29, 1.82) is 0 Å². The van der Waals surface area contributed by atoms with E-state index in [2.05, 4.69) is 34.5 Å². The molecule has 1 aliphatic heterocycles. The molecule has 0 radical (unpaired) electrons. The number of urea groups is 1. The Balaban J connectivity index is 1.76. The molecule has 1 aromatic rings. The number of likely N-dealkylation sites (N-methyl/N-ethyl adjacent to an activating group) is 1. The van der Waals surface area contributed by atoms with Crippen molar-refractivity contribution in [2.75, 3.05) is 26.2 Å². The van der Waals surface area contributed by atoms with Crippen LogP contribution in [0.15, 0.2) is 30.3 Å². The number of aliphatic hydroxyl groups is 1. The minimum absolute atomic E-state index is 0.0684. The molecular weight excluding hydrogens is 302 g/mol. The van der Waals surface area contributed by atoms with Gasteiger partial charge in [0.05, 0.1) is 12.1 Å². The summed E-state index contributed by atoms with van der Waals surface area (Å²) in [6, 6.07) is 10.7. The number of nitrogens with one attached hydrogen (secondary N) is 1. The molecule has 2 N–H and O–H groups in total. The van der Waals surface area contributed by atoms with Gasteiger partial charge < -0.3 is 15.3 Å². The SMILES string of the molecule is CCN(CC(C)(C)O)C(=O)NC1CCN(Cc2ccccc2)CC1. The highest BCUT2D eigenvalue weighted by Gasteiger charge is 2.25. The van der Waals surface area contributed by atoms with Crippen molar-refractivity contribution in [3.63, 3.8) is 0 Å². The summed E-state index contributed by atoms with van der Waals surface area (Å²) in [6.07, 6.45) is 1.94. The maximum absolute atomic E-state index is 12.4. The molecule has 0 spiro atoms. The standard InChI is InChI=1S/C19H31N3O2/c1-4-22(15-19(2,3)24)18(23)20-17-10-12-21(13-11-17)14-16-8-6-5-7-9-16/h5-9,17,24H,4,10-15H2,1-3H3,(H,20,23). The second-order valence-corrected chi connectivity index (χ2v) is 7.31. The molecule has 134 valence electrons. The summed E-state index contributed by atoms with van der Waals surface area (Å²) in [5.74, 6) is 0. The molecule has 2 amide bonds. The van der Waals surface area contributed by atoms with Gasteiger partial charge >= 0.3 is 6.03 Å². The zero-order valence-corrected chi connectivity index (χ0v) is 15.2. The van der Waals surface area contributed by atoms with Gasteiger partial charge in [-0.3, -0.25) is 4.90 Å². The van der Waals surface area contributed by atoms with Crippen molar-refractivity contribution in [3.05, 3.63) is 35.9 Å². The van der Waals surface area contributed by atoms with Crippen LogP contribution in [-0.4, -0.2) is 58.8 Å². The molecule has 1 heterocycles. The van der Waals surface area contributed by atoms with Gasteiger partial charge in [0.25, 0.3) is 0 Å². The molecule has 0 unspecified atom stereocenters. The van der Waals surface area contributed by atoms with E-state index < -0.39 is 5.60 Å². The van der Waals surface area contributed by atoms with Crippen molar-refractivity contribution >= 4 is 6.03 Å².